The van der Waals surface area contributed by atoms with E-state index in [9.17, 15) is 0 Å². The Morgan fingerprint density at radius 1 is 1.41 bits per heavy atom. The Bertz CT molecular complexity index is 402. The summed E-state index contributed by atoms with van der Waals surface area (Å²) in [6.07, 6.45) is 2.75. The summed E-state index contributed by atoms with van der Waals surface area (Å²) >= 11 is 0. The normalized spacial score (nSPS) is 19.4. The zero-order chi connectivity index (χ0) is 12.6. The first-order chi connectivity index (χ1) is 7.97. The summed E-state index contributed by atoms with van der Waals surface area (Å²) in [5.41, 5.74) is 4.43. The second-order valence-electron chi connectivity index (χ2n) is 5.81. The Balaban J connectivity index is 2.07. The van der Waals surface area contributed by atoms with Crippen LogP contribution in [0.3, 0.4) is 0 Å². The van der Waals surface area contributed by atoms with Crippen LogP contribution in [-0.2, 0) is 6.54 Å². The maximum absolute atomic E-state index is 4.59. The molecule has 0 amide bonds. The van der Waals surface area contributed by atoms with E-state index in [-0.39, 0.29) is 0 Å². The Kier molecular flexibility index (Phi) is 3.30. The second kappa shape index (κ2) is 4.45. The Morgan fingerprint density at radius 3 is 2.53 bits per heavy atom. The van der Waals surface area contributed by atoms with Crippen LogP contribution in [0.25, 0.3) is 0 Å². The summed E-state index contributed by atoms with van der Waals surface area (Å²) in [5.74, 6) is 0. The van der Waals surface area contributed by atoms with Gasteiger partial charge in [-0.1, -0.05) is 6.92 Å². The van der Waals surface area contributed by atoms with Gasteiger partial charge in [0.05, 0.1) is 5.69 Å². The fourth-order valence-electron chi connectivity index (χ4n) is 2.54. The molecule has 1 N–H and O–H groups in total. The Labute approximate surface area is 105 Å². The quantitative estimate of drug-likeness (QED) is 0.850. The summed E-state index contributed by atoms with van der Waals surface area (Å²) in [5, 5.41) is 8.25. The van der Waals surface area contributed by atoms with Crippen LogP contribution in [0.5, 0.6) is 0 Å². The minimum Gasteiger partial charge on any atom is -0.310 e. The van der Waals surface area contributed by atoms with Crippen LogP contribution in [0.4, 0.5) is 0 Å². The van der Waals surface area contributed by atoms with E-state index in [4.69, 9.17) is 0 Å². The minimum absolute atomic E-state index is 0.410. The average molecular weight is 235 g/mol. The molecule has 1 aromatic heterocycles. The fraction of sp³-hybridized carbons (Fsp3) is 0.786. The van der Waals surface area contributed by atoms with E-state index in [2.05, 4.69) is 49.7 Å². The SMILES string of the molecule is CCn1nc(C)c(C(C)NCC2(C)CC2)c1C. The third-order valence-electron chi connectivity index (χ3n) is 4.11. The van der Waals surface area contributed by atoms with Gasteiger partial charge < -0.3 is 5.32 Å². The number of hydrogen-bond acceptors (Lipinski definition) is 2. The van der Waals surface area contributed by atoms with E-state index in [0.29, 0.717) is 11.5 Å². The van der Waals surface area contributed by atoms with Crippen LogP contribution >= 0.6 is 0 Å². The molecule has 3 heteroatoms. The smallest absolute Gasteiger partial charge is 0.0644 e. The van der Waals surface area contributed by atoms with Crippen molar-refractivity contribution in [1.29, 1.82) is 0 Å². The van der Waals surface area contributed by atoms with Crippen molar-refractivity contribution < 1.29 is 0 Å². The molecule has 0 spiro atoms. The van der Waals surface area contributed by atoms with Gasteiger partial charge in [0.25, 0.3) is 0 Å². The summed E-state index contributed by atoms with van der Waals surface area (Å²) in [6.45, 7) is 13.1. The van der Waals surface area contributed by atoms with Gasteiger partial charge >= 0.3 is 0 Å². The fourth-order valence-corrected chi connectivity index (χ4v) is 2.54. The second-order valence-corrected chi connectivity index (χ2v) is 5.81. The van der Waals surface area contributed by atoms with Crippen molar-refractivity contribution in [2.24, 2.45) is 5.41 Å². The molecule has 1 unspecified atom stereocenters. The van der Waals surface area contributed by atoms with E-state index in [0.717, 1.165) is 13.1 Å². The van der Waals surface area contributed by atoms with Gasteiger partial charge in [-0.2, -0.15) is 5.10 Å². The lowest BCUT2D eigenvalue weighted by Crippen LogP contribution is -2.26. The molecule has 1 heterocycles. The molecule has 2 rings (SSSR count). The van der Waals surface area contributed by atoms with Gasteiger partial charge in [-0.25, -0.2) is 0 Å². The van der Waals surface area contributed by atoms with Crippen LogP contribution in [0.1, 0.15) is 56.6 Å². The first-order valence-corrected chi connectivity index (χ1v) is 6.74. The molecule has 0 saturated heterocycles. The molecule has 1 saturated carbocycles. The van der Waals surface area contributed by atoms with Crippen LogP contribution in [0.2, 0.25) is 0 Å². The standard InChI is InChI=1S/C14H25N3/c1-6-17-12(4)13(11(3)16-17)10(2)15-9-14(5)7-8-14/h10,15H,6-9H2,1-5H3. The van der Waals surface area contributed by atoms with Gasteiger partial charge in [-0.05, 0) is 46.0 Å². The minimum atomic E-state index is 0.410. The Morgan fingerprint density at radius 2 is 2.06 bits per heavy atom. The lowest BCUT2D eigenvalue weighted by Gasteiger charge is -2.17. The van der Waals surface area contributed by atoms with Crippen LogP contribution < -0.4 is 5.32 Å². The lowest BCUT2D eigenvalue weighted by molar-refractivity contribution is 0.455. The van der Waals surface area contributed by atoms with Gasteiger partial charge in [-0.3, -0.25) is 4.68 Å². The average Bonchev–Trinajstić information content (AvgIpc) is 2.94. The molecule has 0 aliphatic heterocycles. The molecule has 1 aliphatic rings. The molecule has 96 valence electrons. The van der Waals surface area contributed by atoms with Crippen molar-refractivity contribution in [2.45, 2.75) is 60.0 Å². The third-order valence-corrected chi connectivity index (χ3v) is 4.11. The number of rotatable bonds is 5. The molecule has 17 heavy (non-hydrogen) atoms. The zero-order valence-corrected chi connectivity index (χ0v) is 11.8. The number of nitrogens with zero attached hydrogens (tertiary/aromatic N) is 2. The number of aromatic nitrogens is 2. The predicted molar refractivity (Wildman–Crippen MR) is 71.1 cm³/mol. The molecular weight excluding hydrogens is 210 g/mol. The highest BCUT2D eigenvalue weighted by Crippen LogP contribution is 2.44. The highest BCUT2D eigenvalue weighted by atomic mass is 15.3. The maximum Gasteiger partial charge on any atom is 0.0644 e. The predicted octanol–water partition coefficient (Wildman–Crippen LogP) is 2.97. The van der Waals surface area contributed by atoms with Crippen molar-refractivity contribution in [1.82, 2.24) is 15.1 Å². The first-order valence-electron chi connectivity index (χ1n) is 6.74. The molecule has 0 aromatic carbocycles. The highest BCUT2D eigenvalue weighted by molar-refractivity contribution is 5.27. The molecule has 1 atom stereocenters. The Hall–Kier alpha value is -0.830. The maximum atomic E-state index is 4.59. The number of aryl methyl sites for hydroxylation is 2. The molecule has 0 radical (unpaired) electrons. The molecule has 1 fully saturated rings. The van der Waals surface area contributed by atoms with E-state index in [1.54, 1.807) is 0 Å². The van der Waals surface area contributed by atoms with Crippen molar-refractivity contribution in [3.8, 4) is 0 Å². The monoisotopic (exact) mass is 235 g/mol. The van der Waals surface area contributed by atoms with Crippen molar-refractivity contribution >= 4 is 0 Å². The number of hydrogen-bond donors (Lipinski definition) is 1. The molecule has 1 aromatic rings. The molecular formula is C14H25N3. The summed E-state index contributed by atoms with van der Waals surface area (Å²) in [4.78, 5) is 0. The van der Waals surface area contributed by atoms with Gasteiger partial charge in [0.1, 0.15) is 0 Å². The summed E-state index contributed by atoms with van der Waals surface area (Å²) in [6, 6.07) is 0.410. The van der Waals surface area contributed by atoms with Crippen LogP contribution in [-0.4, -0.2) is 16.3 Å². The van der Waals surface area contributed by atoms with Gasteiger partial charge in [0, 0.05) is 30.4 Å². The van der Waals surface area contributed by atoms with Gasteiger partial charge in [0.2, 0.25) is 0 Å². The summed E-state index contributed by atoms with van der Waals surface area (Å²) in [7, 11) is 0. The van der Waals surface area contributed by atoms with E-state index < -0.39 is 0 Å². The largest absolute Gasteiger partial charge is 0.310 e. The van der Waals surface area contributed by atoms with E-state index in [1.807, 2.05) is 0 Å². The first kappa shape index (κ1) is 12.6. The zero-order valence-electron chi connectivity index (χ0n) is 11.8. The lowest BCUT2D eigenvalue weighted by atomic mass is 10.0. The molecule has 0 bridgehead atoms. The van der Waals surface area contributed by atoms with Crippen molar-refractivity contribution in [3.05, 3.63) is 17.0 Å². The molecule has 1 aliphatic carbocycles. The van der Waals surface area contributed by atoms with Crippen LogP contribution in [0, 0.1) is 19.3 Å². The topological polar surface area (TPSA) is 29.9 Å². The summed E-state index contributed by atoms with van der Waals surface area (Å²) < 4.78 is 2.10. The van der Waals surface area contributed by atoms with Crippen molar-refractivity contribution in [3.63, 3.8) is 0 Å². The van der Waals surface area contributed by atoms with Gasteiger partial charge in [-0.15, -0.1) is 0 Å². The van der Waals surface area contributed by atoms with E-state index >= 15 is 0 Å². The molecule has 3 nitrogen and oxygen atoms in total. The highest BCUT2D eigenvalue weighted by Gasteiger charge is 2.37. The van der Waals surface area contributed by atoms with Crippen molar-refractivity contribution in [2.75, 3.05) is 6.54 Å². The number of nitrogens with one attached hydrogen (secondary N) is 1. The van der Waals surface area contributed by atoms with Crippen LogP contribution in [0.15, 0.2) is 0 Å². The van der Waals surface area contributed by atoms with E-state index in [1.165, 1.54) is 29.8 Å². The van der Waals surface area contributed by atoms with Gasteiger partial charge in [0.15, 0.2) is 0 Å². The third kappa shape index (κ3) is 2.54.